The van der Waals surface area contributed by atoms with Gasteiger partial charge in [-0.3, -0.25) is 9.78 Å². The summed E-state index contributed by atoms with van der Waals surface area (Å²) in [7, 11) is 1.59. The van der Waals surface area contributed by atoms with E-state index in [4.69, 9.17) is 17.0 Å². The lowest BCUT2D eigenvalue weighted by Gasteiger charge is -2.27. The van der Waals surface area contributed by atoms with Gasteiger partial charge in [0, 0.05) is 37.6 Å². The third kappa shape index (κ3) is 5.01. The van der Waals surface area contributed by atoms with Gasteiger partial charge < -0.3 is 24.8 Å². The number of carbonyl (C=O) groups excluding carboxylic acids is 1. The number of ether oxygens (including phenoxy) is 1. The highest BCUT2D eigenvalue weighted by molar-refractivity contribution is 7.80. The first kappa shape index (κ1) is 22.8. The van der Waals surface area contributed by atoms with Gasteiger partial charge >= 0.3 is 0 Å². The van der Waals surface area contributed by atoms with Crippen LogP contribution in [0.4, 0.5) is 5.69 Å². The van der Waals surface area contributed by atoms with Crippen LogP contribution in [0.3, 0.4) is 0 Å². The number of nitrogens with one attached hydrogen (secondary N) is 2. The maximum atomic E-state index is 12.8. The third-order valence-electron chi connectivity index (χ3n) is 5.83. The fraction of sp³-hybridized carbons (Fsp3) is 0.320. The molecule has 0 saturated carbocycles. The molecule has 4 rings (SSSR count). The highest BCUT2D eigenvalue weighted by Gasteiger charge is 2.40. The Kier molecular flexibility index (Phi) is 6.93. The van der Waals surface area contributed by atoms with Crippen LogP contribution in [0.1, 0.15) is 49.7 Å². The molecule has 2 atom stereocenters. The summed E-state index contributed by atoms with van der Waals surface area (Å²) in [5.41, 5.74) is 2.71. The van der Waals surface area contributed by atoms with E-state index >= 15 is 0 Å². The van der Waals surface area contributed by atoms with Gasteiger partial charge in [-0.05, 0) is 62.0 Å². The normalized spacial score (nSPS) is 17.8. The van der Waals surface area contributed by atoms with E-state index in [0.717, 1.165) is 11.3 Å². The zero-order valence-electron chi connectivity index (χ0n) is 19.1. The molecule has 0 unspecified atom stereocenters. The summed E-state index contributed by atoms with van der Waals surface area (Å²) >= 11 is 5.70. The Morgan fingerprint density at radius 1 is 1.21 bits per heavy atom. The van der Waals surface area contributed by atoms with Crippen molar-refractivity contribution < 1.29 is 9.53 Å². The van der Waals surface area contributed by atoms with E-state index in [2.05, 4.69) is 57.4 Å². The van der Waals surface area contributed by atoms with E-state index in [0.29, 0.717) is 29.1 Å². The summed E-state index contributed by atoms with van der Waals surface area (Å²) in [5, 5.41) is 7.00. The van der Waals surface area contributed by atoms with Gasteiger partial charge in [0.05, 0.1) is 30.6 Å². The average Bonchev–Trinajstić information content (AvgIpc) is 3.43. The first-order valence-corrected chi connectivity index (χ1v) is 11.5. The lowest BCUT2D eigenvalue weighted by Crippen LogP contribution is -2.32. The molecule has 33 heavy (non-hydrogen) atoms. The molecule has 1 fully saturated rings. The Labute approximate surface area is 199 Å². The average molecular weight is 464 g/mol. The van der Waals surface area contributed by atoms with Crippen LogP contribution in [0.2, 0.25) is 0 Å². The molecule has 0 aliphatic carbocycles. The first-order chi connectivity index (χ1) is 16.0. The van der Waals surface area contributed by atoms with Gasteiger partial charge in [0.2, 0.25) is 5.91 Å². The number of anilines is 1. The van der Waals surface area contributed by atoms with Gasteiger partial charge in [0.25, 0.3) is 0 Å². The Hall–Kier alpha value is -3.39. The number of thiocarbonyl (C=S) groups is 1. The smallest absolute Gasteiger partial charge is 0.226 e. The zero-order valence-corrected chi connectivity index (χ0v) is 19.9. The summed E-state index contributed by atoms with van der Waals surface area (Å²) in [6, 6.07) is 15.6. The minimum atomic E-state index is -0.0982. The number of carbonyl (C=O) groups is 1. The molecule has 1 aliphatic rings. The van der Waals surface area contributed by atoms with Crippen molar-refractivity contribution in [3.8, 4) is 5.75 Å². The number of aromatic nitrogens is 2. The second kappa shape index (κ2) is 10.0. The largest absolute Gasteiger partial charge is 0.495 e. The highest BCUT2D eigenvalue weighted by Crippen LogP contribution is 2.39. The lowest BCUT2D eigenvalue weighted by molar-refractivity contribution is -0.116. The number of hydrogen-bond acceptors (Lipinski definition) is 4. The predicted octanol–water partition coefficient (Wildman–Crippen LogP) is 4.47. The molecule has 1 saturated heterocycles. The van der Waals surface area contributed by atoms with Crippen LogP contribution in [0.25, 0.3) is 0 Å². The van der Waals surface area contributed by atoms with Gasteiger partial charge in [0.1, 0.15) is 5.75 Å². The quantitative estimate of drug-likeness (QED) is 0.480. The summed E-state index contributed by atoms with van der Waals surface area (Å²) in [4.78, 5) is 19.4. The van der Waals surface area contributed by atoms with Gasteiger partial charge in [-0.15, -0.1) is 0 Å². The fourth-order valence-corrected chi connectivity index (χ4v) is 4.45. The summed E-state index contributed by atoms with van der Waals surface area (Å²) in [6.07, 6.45) is 6.32. The van der Waals surface area contributed by atoms with Crippen molar-refractivity contribution in [2.24, 2.45) is 0 Å². The molecule has 2 N–H and O–H groups in total. The van der Waals surface area contributed by atoms with Crippen LogP contribution in [0, 0.1) is 0 Å². The van der Waals surface area contributed by atoms with Crippen LogP contribution in [-0.2, 0) is 4.79 Å². The number of nitrogens with zero attached hydrogens (tertiary/aromatic N) is 3. The summed E-state index contributed by atoms with van der Waals surface area (Å²) in [6.45, 7) is 4.78. The Morgan fingerprint density at radius 3 is 2.70 bits per heavy atom. The Morgan fingerprint density at radius 2 is 2.00 bits per heavy atom. The maximum Gasteiger partial charge on any atom is 0.226 e. The van der Waals surface area contributed by atoms with Crippen LogP contribution < -0.4 is 15.4 Å². The first-order valence-electron chi connectivity index (χ1n) is 11.1. The molecule has 1 amide bonds. The molecule has 1 aromatic carbocycles. The monoisotopic (exact) mass is 463 g/mol. The van der Waals surface area contributed by atoms with Crippen molar-refractivity contribution in [2.75, 3.05) is 19.0 Å². The van der Waals surface area contributed by atoms with E-state index < -0.39 is 0 Å². The molecule has 0 bridgehead atoms. The minimum Gasteiger partial charge on any atom is -0.495 e. The predicted molar refractivity (Wildman–Crippen MR) is 133 cm³/mol. The molecular weight excluding hydrogens is 434 g/mol. The Bertz CT molecular complexity index is 1110. The van der Waals surface area contributed by atoms with E-state index in [1.165, 1.54) is 0 Å². The molecule has 3 heterocycles. The van der Waals surface area contributed by atoms with Crippen molar-refractivity contribution in [3.05, 3.63) is 78.4 Å². The van der Waals surface area contributed by atoms with Crippen LogP contribution in [0.15, 0.2) is 67.1 Å². The summed E-state index contributed by atoms with van der Waals surface area (Å²) in [5.74, 6) is 0.536. The standard InChI is InChI=1S/C25H29N5O2S/c1-17(2)29-14-11-18(16-29)24-23(20-9-6-7-13-26-20)28-25(33)30(24)15-12-22(31)27-19-8-4-5-10-21(19)32-3/h4-11,13-14,16-17,23-24H,12,15H2,1-3H3,(H,27,31)(H,28,33)/t23-,24+/m1/s1. The molecule has 8 heteroatoms. The van der Waals surface area contributed by atoms with Gasteiger partial charge in [-0.25, -0.2) is 0 Å². The lowest BCUT2D eigenvalue weighted by atomic mass is 9.99. The second-order valence-electron chi connectivity index (χ2n) is 8.30. The van der Waals surface area contributed by atoms with E-state index in [-0.39, 0.29) is 24.4 Å². The fourth-order valence-electron chi connectivity index (χ4n) is 4.12. The molecular formula is C25H29N5O2S. The topological polar surface area (TPSA) is 71.4 Å². The van der Waals surface area contributed by atoms with Crippen LogP contribution in [0.5, 0.6) is 5.75 Å². The number of para-hydroxylation sites is 2. The number of rotatable bonds is 8. The van der Waals surface area contributed by atoms with E-state index in [1.807, 2.05) is 42.5 Å². The number of hydrogen-bond donors (Lipinski definition) is 2. The van der Waals surface area contributed by atoms with E-state index in [9.17, 15) is 4.79 Å². The third-order valence-corrected chi connectivity index (χ3v) is 6.19. The SMILES string of the molecule is COc1ccccc1NC(=O)CCN1C(=S)N[C@H](c2ccccn2)[C@@H]1c1ccn(C(C)C)c1. The minimum absolute atomic E-state index is 0.0635. The molecule has 3 aromatic rings. The summed E-state index contributed by atoms with van der Waals surface area (Å²) < 4.78 is 7.51. The number of amides is 1. The van der Waals surface area contributed by atoms with Crippen LogP contribution in [-0.4, -0.2) is 39.1 Å². The van der Waals surface area contributed by atoms with Gasteiger partial charge in [-0.2, -0.15) is 0 Å². The maximum absolute atomic E-state index is 12.8. The van der Waals surface area contributed by atoms with Crippen molar-refractivity contribution in [1.29, 1.82) is 0 Å². The van der Waals surface area contributed by atoms with Gasteiger partial charge in [0.15, 0.2) is 5.11 Å². The van der Waals surface area contributed by atoms with Crippen molar-refractivity contribution in [3.63, 3.8) is 0 Å². The number of pyridine rings is 1. The van der Waals surface area contributed by atoms with Crippen LogP contribution >= 0.6 is 12.2 Å². The molecule has 0 spiro atoms. The molecule has 172 valence electrons. The Balaban J connectivity index is 1.54. The number of methoxy groups -OCH3 is 1. The molecule has 1 aliphatic heterocycles. The molecule has 0 radical (unpaired) electrons. The van der Waals surface area contributed by atoms with Crippen molar-refractivity contribution >= 4 is 28.9 Å². The number of benzene rings is 1. The molecule has 2 aromatic heterocycles. The van der Waals surface area contributed by atoms with Gasteiger partial charge in [-0.1, -0.05) is 18.2 Å². The van der Waals surface area contributed by atoms with Crippen molar-refractivity contribution in [1.82, 2.24) is 19.8 Å². The zero-order chi connectivity index (χ0) is 23.4. The second-order valence-corrected chi connectivity index (χ2v) is 8.69. The van der Waals surface area contributed by atoms with E-state index in [1.54, 1.807) is 13.3 Å². The van der Waals surface area contributed by atoms with Crippen molar-refractivity contribution in [2.45, 2.75) is 38.4 Å². The molecule has 7 nitrogen and oxygen atoms in total. The highest BCUT2D eigenvalue weighted by atomic mass is 32.1.